The van der Waals surface area contributed by atoms with Crippen LogP contribution < -0.4 is 5.73 Å². The van der Waals surface area contributed by atoms with Gasteiger partial charge in [0.05, 0.1) is 17.7 Å². The van der Waals surface area contributed by atoms with Crippen LogP contribution in [0.15, 0.2) is 41.7 Å². The van der Waals surface area contributed by atoms with Crippen LogP contribution in [0.1, 0.15) is 5.56 Å². The fourth-order valence-corrected chi connectivity index (χ4v) is 2.12. The first-order valence-corrected chi connectivity index (χ1v) is 6.17. The van der Waals surface area contributed by atoms with Crippen LogP contribution in [0.25, 0.3) is 0 Å². The van der Waals surface area contributed by atoms with Crippen molar-refractivity contribution in [3.05, 3.63) is 52.3 Å². The highest BCUT2D eigenvalue weighted by Crippen LogP contribution is 2.16. The number of hydrogen-bond acceptors (Lipinski definition) is 4. The van der Waals surface area contributed by atoms with E-state index in [0.29, 0.717) is 11.0 Å². The van der Waals surface area contributed by atoms with Crippen molar-refractivity contribution in [2.24, 2.45) is 10.7 Å². The summed E-state index contributed by atoms with van der Waals surface area (Å²) in [6, 6.07) is 6.68. The lowest BCUT2D eigenvalue weighted by molar-refractivity contribution is -0.777. The molecule has 19 heavy (non-hydrogen) atoms. The van der Waals surface area contributed by atoms with Gasteiger partial charge in [0.2, 0.25) is 0 Å². The second-order valence-corrected chi connectivity index (χ2v) is 4.58. The van der Waals surface area contributed by atoms with E-state index in [1.165, 1.54) is 12.1 Å². The minimum absolute atomic E-state index is 0.122. The normalized spacial score (nSPS) is 20.9. The minimum atomic E-state index is -0.387. The lowest BCUT2D eigenvalue weighted by atomic mass is 10.1. The molecule has 0 amide bonds. The molecule has 2 N–H and O–H groups in total. The van der Waals surface area contributed by atoms with Crippen LogP contribution in [0.4, 0.5) is 5.69 Å². The summed E-state index contributed by atoms with van der Waals surface area (Å²) >= 11 is 0. The second kappa shape index (κ2) is 5.73. The van der Waals surface area contributed by atoms with Crippen LogP contribution in [-0.4, -0.2) is 35.4 Å². The number of aliphatic imine (C=N–C) groups is 1. The summed E-state index contributed by atoms with van der Waals surface area (Å²) in [6.07, 6.45) is 6.52. The van der Waals surface area contributed by atoms with Gasteiger partial charge in [-0.1, -0.05) is 12.1 Å². The third-order valence-corrected chi connectivity index (χ3v) is 3.26. The van der Waals surface area contributed by atoms with Crippen LogP contribution in [0.3, 0.4) is 0 Å². The molecule has 6 heteroatoms. The lowest BCUT2D eigenvalue weighted by Gasteiger charge is -2.26. The summed E-state index contributed by atoms with van der Waals surface area (Å²) < 4.78 is 0.646. The number of non-ortho nitro benzene ring substituents is 1. The summed E-state index contributed by atoms with van der Waals surface area (Å²) in [5.74, 6) is 0. The molecule has 0 spiro atoms. The number of nitro benzene ring substituents is 1. The monoisotopic (exact) mass is 261 g/mol. The summed E-state index contributed by atoms with van der Waals surface area (Å²) in [7, 11) is 0. The Kier molecular flexibility index (Phi) is 4.03. The molecule has 0 saturated carbocycles. The lowest BCUT2D eigenvalue weighted by Crippen LogP contribution is -2.45. The number of nitrogens with zero attached hydrogens (tertiary/aromatic N) is 3. The molecule has 2 rings (SSSR count). The van der Waals surface area contributed by atoms with E-state index in [1.54, 1.807) is 18.3 Å². The quantitative estimate of drug-likeness (QED) is 0.477. The van der Waals surface area contributed by atoms with Crippen molar-refractivity contribution in [2.45, 2.75) is 6.42 Å². The number of nitro groups is 1. The molecule has 1 aromatic rings. The maximum Gasteiger partial charge on any atom is 0.269 e. The van der Waals surface area contributed by atoms with Gasteiger partial charge in [0.15, 0.2) is 6.34 Å². The van der Waals surface area contributed by atoms with Crippen LogP contribution in [0.5, 0.6) is 0 Å². The third-order valence-electron chi connectivity index (χ3n) is 3.26. The predicted molar refractivity (Wildman–Crippen MR) is 73.5 cm³/mol. The fourth-order valence-electron chi connectivity index (χ4n) is 2.12. The number of quaternary nitrogens is 1. The Balaban J connectivity index is 1.99. The van der Waals surface area contributed by atoms with Crippen molar-refractivity contribution in [1.82, 2.24) is 0 Å². The van der Waals surface area contributed by atoms with Crippen LogP contribution >= 0.6 is 0 Å². The van der Waals surface area contributed by atoms with E-state index in [2.05, 4.69) is 4.99 Å². The van der Waals surface area contributed by atoms with Crippen molar-refractivity contribution in [2.75, 3.05) is 19.6 Å². The molecular weight excluding hydrogens is 244 g/mol. The maximum atomic E-state index is 10.6. The first-order chi connectivity index (χ1) is 9.15. The SMILES string of the molecule is NCC[N+]1(CCc2ccc([N+](=O)[O-])cc2)C=CN=C1. The van der Waals surface area contributed by atoms with Crippen LogP contribution in [0.2, 0.25) is 0 Å². The van der Waals surface area contributed by atoms with Gasteiger partial charge in [-0.05, 0) is 5.56 Å². The highest BCUT2D eigenvalue weighted by Gasteiger charge is 2.24. The Morgan fingerprint density at radius 2 is 2.00 bits per heavy atom. The van der Waals surface area contributed by atoms with Crippen molar-refractivity contribution in [3.8, 4) is 0 Å². The zero-order valence-corrected chi connectivity index (χ0v) is 10.6. The highest BCUT2D eigenvalue weighted by molar-refractivity contribution is 5.51. The smallest absolute Gasteiger partial charge is 0.269 e. The Bertz CT molecular complexity index is 496. The van der Waals surface area contributed by atoms with Crippen LogP contribution in [0, 0.1) is 10.1 Å². The summed E-state index contributed by atoms with van der Waals surface area (Å²) in [6.45, 7) is 2.26. The molecule has 0 saturated heterocycles. The summed E-state index contributed by atoms with van der Waals surface area (Å²) in [4.78, 5) is 14.3. The van der Waals surface area contributed by atoms with Gasteiger partial charge < -0.3 is 5.73 Å². The van der Waals surface area contributed by atoms with Gasteiger partial charge in [0.25, 0.3) is 5.69 Å². The molecule has 0 radical (unpaired) electrons. The predicted octanol–water partition coefficient (Wildman–Crippen LogP) is 1.43. The standard InChI is InChI=1S/C13H17N4O2/c14-6-9-17(10-7-15-11-17)8-5-12-1-3-13(4-2-12)16(18)19/h1-4,7,10-11H,5-6,8-9,14H2/q+1. The molecule has 100 valence electrons. The van der Waals surface area contributed by atoms with E-state index in [9.17, 15) is 10.1 Å². The zero-order valence-electron chi connectivity index (χ0n) is 10.6. The Morgan fingerprint density at radius 1 is 1.26 bits per heavy atom. The first-order valence-electron chi connectivity index (χ1n) is 6.17. The van der Waals surface area contributed by atoms with Crippen LogP contribution in [-0.2, 0) is 6.42 Å². The zero-order chi connectivity index (χ0) is 13.7. The molecule has 1 atom stereocenters. The minimum Gasteiger partial charge on any atom is -0.326 e. The Labute approximate surface area is 111 Å². The van der Waals surface area contributed by atoms with Crippen molar-refractivity contribution in [1.29, 1.82) is 0 Å². The average Bonchev–Trinajstić information content (AvgIpc) is 2.86. The first kappa shape index (κ1) is 13.4. The second-order valence-electron chi connectivity index (χ2n) is 4.58. The fraction of sp³-hybridized carbons (Fsp3) is 0.308. The molecule has 1 heterocycles. The molecule has 0 bridgehead atoms. The number of benzene rings is 1. The topological polar surface area (TPSA) is 81.5 Å². The van der Waals surface area contributed by atoms with Crippen molar-refractivity contribution >= 4 is 12.0 Å². The molecule has 0 aliphatic carbocycles. The number of hydrogen-bond donors (Lipinski definition) is 1. The van der Waals surface area contributed by atoms with Gasteiger partial charge in [0.1, 0.15) is 12.7 Å². The van der Waals surface area contributed by atoms with Crippen molar-refractivity contribution in [3.63, 3.8) is 0 Å². The molecule has 6 nitrogen and oxygen atoms in total. The molecule has 0 aromatic heterocycles. The van der Waals surface area contributed by atoms with Gasteiger partial charge in [0, 0.05) is 25.1 Å². The molecule has 0 fully saturated rings. The largest absolute Gasteiger partial charge is 0.326 e. The van der Waals surface area contributed by atoms with E-state index < -0.39 is 0 Å². The molecular formula is C13H17N4O2+. The summed E-state index contributed by atoms with van der Waals surface area (Å²) in [5, 5.41) is 10.6. The molecule has 1 aromatic carbocycles. The van der Waals surface area contributed by atoms with E-state index >= 15 is 0 Å². The van der Waals surface area contributed by atoms with E-state index in [4.69, 9.17) is 5.73 Å². The van der Waals surface area contributed by atoms with E-state index in [1.807, 2.05) is 12.5 Å². The van der Waals surface area contributed by atoms with Crippen molar-refractivity contribution < 1.29 is 9.41 Å². The van der Waals surface area contributed by atoms with Gasteiger partial charge in [-0.15, -0.1) is 0 Å². The third kappa shape index (κ3) is 3.24. The van der Waals surface area contributed by atoms with Gasteiger partial charge in [-0.2, -0.15) is 0 Å². The van der Waals surface area contributed by atoms with E-state index in [0.717, 1.165) is 25.1 Å². The highest BCUT2D eigenvalue weighted by atomic mass is 16.6. The van der Waals surface area contributed by atoms with Gasteiger partial charge >= 0.3 is 0 Å². The Hall–Kier alpha value is -2.05. The maximum absolute atomic E-state index is 10.6. The molecule has 1 unspecified atom stereocenters. The number of rotatable bonds is 6. The van der Waals surface area contributed by atoms with E-state index in [-0.39, 0.29) is 10.6 Å². The molecule has 1 aliphatic rings. The average molecular weight is 261 g/mol. The van der Waals surface area contributed by atoms with Gasteiger partial charge in [-0.3, -0.25) is 14.6 Å². The number of nitrogens with two attached hydrogens (primary N) is 1. The summed E-state index contributed by atoms with van der Waals surface area (Å²) in [5.41, 5.74) is 6.83. The Morgan fingerprint density at radius 3 is 2.53 bits per heavy atom. The van der Waals surface area contributed by atoms with Gasteiger partial charge in [-0.25, -0.2) is 4.99 Å². The molecule has 1 aliphatic heterocycles.